The lowest BCUT2D eigenvalue weighted by atomic mass is 10.1. The zero-order valence-corrected chi connectivity index (χ0v) is 20.1. The quantitative estimate of drug-likeness (QED) is 0.210. The molecule has 1 unspecified atom stereocenters. The lowest BCUT2D eigenvalue weighted by molar-refractivity contribution is -0.139. The van der Waals surface area contributed by atoms with Gasteiger partial charge in [-0.1, -0.05) is 36.4 Å². The highest BCUT2D eigenvalue weighted by molar-refractivity contribution is 5.98. The summed E-state index contributed by atoms with van der Waals surface area (Å²) >= 11 is 0. The summed E-state index contributed by atoms with van der Waals surface area (Å²) in [4.78, 5) is 40.5. The van der Waals surface area contributed by atoms with Gasteiger partial charge in [0.05, 0.1) is 12.1 Å². The summed E-state index contributed by atoms with van der Waals surface area (Å²) in [7, 11) is 0. The number of carboxylic acids is 1. The van der Waals surface area contributed by atoms with Gasteiger partial charge in [0.1, 0.15) is 12.6 Å². The molecular formula is C25H29N7O5. The summed E-state index contributed by atoms with van der Waals surface area (Å²) in [6.07, 6.45) is 0.755. The Balaban J connectivity index is 1.26. The number of carboxylic acid groups (broad SMARTS) is 1. The number of hydrogen-bond donors (Lipinski definition) is 6. The molecule has 0 spiro atoms. The van der Waals surface area contributed by atoms with Crippen molar-refractivity contribution in [1.29, 1.82) is 0 Å². The number of H-pyrrole nitrogens is 1. The van der Waals surface area contributed by atoms with E-state index in [0.29, 0.717) is 11.1 Å². The number of hydrogen-bond acceptors (Lipinski definition) is 8. The van der Waals surface area contributed by atoms with Crippen LogP contribution in [0.1, 0.15) is 28.0 Å². The Morgan fingerprint density at radius 3 is 2.73 bits per heavy atom. The number of ether oxygens (including phenoxy) is 1. The fourth-order valence-corrected chi connectivity index (χ4v) is 3.79. The van der Waals surface area contributed by atoms with Crippen LogP contribution in [0.2, 0.25) is 0 Å². The van der Waals surface area contributed by atoms with Crippen molar-refractivity contribution in [1.82, 2.24) is 31.5 Å². The number of carbonyl (C=O) groups excluding carboxylic acids is 2. The Morgan fingerprint density at radius 2 is 1.97 bits per heavy atom. The van der Waals surface area contributed by atoms with E-state index in [9.17, 15) is 19.5 Å². The molecule has 1 aliphatic heterocycles. The molecule has 4 rings (SSSR count). The summed E-state index contributed by atoms with van der Waals surface area (Å²) in [5.74, 6) is -0.949. The van der Waals surface area contributed by atoms with Gasteiger partial charge in [0, 0.05) is 36.3 Å². The maximum atomic E-state index is 12.6. The SMILES string of the molecule is O=C(NC(CNC(=O)c1ccc2c(CCCNC3=NCCN3)[nH]nc2c1)C(=O)O)OCc1ccccc1. The minimum absolute atomic E-state index is 0.0000510. The number of aromatic amines is 1. The van der Waals surface area contributed by atoms with Gasteiger partial charge in [0.25, 0.3) is 5.91 Å². The summed E-state index contributed by atoms with van der Waals surface area (Å²) in [6.45, 7) is 2.10. The van der Waals surface area contributed by atoms with Crippen molar-refractivity contribution in [2.24, 2.45) is 4.99 Å². The molecule has 0 radical (unpaired) electrons. The molecular weight excluding hydrogens is 478 g/mol. The van der Waals surface area contributed by atoms with Crippen LogP contribution in [0.5, 0.6) is 0 Å². The number of rotatable bonds is 11. The molecule has 194 valence electrons. The van der Waals surface area contributed by atoms with Gasteiger partial charge in [-0.3, -0.25) is 14.9 Å². The number of aliphatic carboxylic acids is 1. The van der Waals surface area contributed by atoms with Crippen LogP contribution >= 0.6 is 0 Å². The summed E-state index contributed by atoms with van der Waals surface area (Å²) in [6, 6.07) is 12.8. The standard InChI is InChI=1S/C25H29N7O5/c33-22(29-14-21(23(34)35)30-25(36)37-15-16-5-2-1-3-6-16)17-8-9-18-19(31-32-20(18)13-17)7-4-10-26-24-27-11-12-28-24/h1-3,5-6,8-9,13,21H,4,7,10-12,14-15H2,(H,29,33)(H,30,36)(H,31,32)(H,34,35)(H2,26,27,28). The highest BCUT2D eigenvalue weighted by atomic mass is 16.5. The Labute approximate surface area is 212 Å². The van der Waals surface area contributed by atoms with Crippen LogP contribution in [-0.2, 0) is 22.6 Å². The van der Waals surface area contributed by atoms with Gasteiger partial charge in [-0.15, -0.1) is 0 Å². The van der Waals surface area contributed by atoms with E-state index in [1.54, 1.807) is 36.4 Å². The largest absolute Gasteiger partial charge is 0.480 e. The van der Waals surface area contributed by atoms with Crippen molar-refractivity contribution < 1.29 is 24.2 Å². The van der Waals surface area contributed by atoms with Crippen molar-refractivity contribution in [3.8, 4) is 0 Å². The molecule has 0 bridgehead atoms. The minimum Gasteiger partial charge on any atom is -0.480 e. The molecule has 6 N–H and O–H groups in total. The van der Waals surface area contributed by atoms with Crippen LogP contribution in [0.25, 0.3) is 10.9 Å². The van der Waals surface area contributed by atoms with Crippen molar-refractivity contribution in [2.75, 3.05) is 26.2 Å². The van der Waals surface area contributed by atoms with E-state index in [4.69, 9.17) is 4.74 Å². The third kappa shape index (κ3) is 7.19. The van der Waals surface area contributed by atoms with Gasteiger partial charge in [0.2, 0.25) is 0 Å². The van der Waals surface area contributed by atoms with E-state index in [1.165, 1.54) is 0 Å². The maximum absolute atomic E-state index is 12.6. The average molecular weight is 508 g/mol. The maximum Gasteiger partial charge on any atom is 0.408 e. The second-order valence-electron chi connectivity index (χ2n) is 8.43. The predicted molar refractivity (Wildman–Crippen MR) is 136 cm³/mol. The van der Waals surface area contributed by atoms with Crippen LogP contribution in [0, 0.1) is 0 Å². The fraction of sp³-hybridized carbons (Fsp3) is 0.320. The highest BCUT2D eigenvalue weighted by Crippen LogP contribution is 2.19. The number of alkyl carbamates (subject to hydrolysis) is 1. The molecule has 3 aromatic rings. The average Bonchev–Trinajstić information content (AvgIpc) is 3.57. The van der Waals surface area contributed by atoms with Crippen molar-refractivity contribution in [2.45, 2.75) is 25.5 Å². The van der Waals surface area contributed by atoms with Crippen LogP contribution in [0.15, 0.2) is 53.5 Å². The summed E-state index contributed by atoms with van der Waals surface area (Å²) in [5, 5.41) is 28.9. The van der Waals surface area contributed by atoms with Gasteiger partial charge in [-0.05, 0) is 30.5 Å². The lowest BCUT2D eigenvalue weighted by Crippen LogP contribution is -2.48. The third-order valence-corrected chi connectivity index (χ3v) is 5.74. The smallest absolute Gasteiger partial charge is 0.408 e. The molecule has 1 aliphatic rings. The molecule has 2 heterocycles. The number of aryl methyl sites for hydroxylation is 1. The highest BCUT2D eigenvalue weighted by Gasteiger charge is 2.22. The third-order valence-electron chi connectivity index (χ3n) is 5.74. The van der Waals surface area contributed by atoms with Crippen molar-refractivity contribution in [3.63, 3.8) is 0 Å². The van der Waals surface area contributed by atoms with Crippen molar-refractivity contribution >= 4 is 34.8 Å². The first-order chi connectivity index (χ1) is 18.0. The molecule has 37 heavy (non-hydrogen) atoms. The van der Waals surface area contributed by atoms with E-state index < -0.39 is 24.0 Å². The van der Waals surface area contributed by atoms with Crippen LogP contribution < -0.4 is 21.3 Å². The number of aliphatic imine (C=N–C) groups is 1. The zero-order chi connectivity index (χ0) is 26.0. The number of carbonyl (C=O) groups is 3. The second kappa shape index (κ2) is 12.4. The molecule has 1 atom stereocenters. The predicted octanol–water partition coefficient (Wildman–Crippen LogP) is 1.15. The first-order valence-corrected chi connectivity index (χ1v) is 12.0. The first kappa shape index (κ1) is 25.5. The lowest BCUT2D eigenvalue weighted by Gasteiger charge is -2.15. The Morgan fingerprint density at radius 1 is 1.14 bits per heavy atom. The van der Waals surface area contributed by atoms with Crippen molar-refractivity contribution in [3.05, 3.63) is 65.4 Å². The number of amides is 2. The topological polar surface area (TPSA) is 170 Å². The monoisotopic (exact) mass is 507 g/mol. The molecule has 0 fully saturated rings. The number of benzene rings is 2. The molecule has 0 saturated heterocycles. The minimum atomic E-state index is -1.35. The van der Waals surface area contributed by atoms with Gasteiger partial charge in [0.15, 0.2) is 5.96 Å². The second-order valence-corrected chi connectivity index (χ2v) is 8.43. The first-order valence-electron chi connectivity index (χ1n) is 12.0. The van der Waals surface area contributed by atoms with E-state index in [-0.39, 0.29) is 13.2 Å². The molecule has 0 aliphatic carbocycles. The molecule has 12 nitrogen and oxygen atoms in total. The fourth-order valence-electron chi connectivity index (χ4n) is 3.79. The van der Waals surface area contributed by atoms with Gasteiger partial charge in [-0.25, -0.2) is 9.59 Å². The summed E-state index contributed by atoms with van der Waals surface area (Å²) < 4.78 is 5.06. The van der Waals surface area contributed by atoms with E-state index in [2.05, 4.69) is 36.5 Å². The normalized spacial score (nSPS) is 13.4. The van der Waals surface area contributed by atoms with Crippen LogP contribution in [0.3, 0.4) is 0 Å². The number of fused-ring (bicyclic) bond motifs is 1. The van der Waals surface area contributed by atoms with Crippen LogP contribution in [0.4, 0.5) is 4.79 Å². The molecule has 1 aromatic heterocycles. The zero-order valence-electron chi connectivity index (χ0n) is 20.1. The number of guanidine groups is 1. The Hall–Kier alpha value is -4.61. The molecule has 2 amide bonds. The van der Waals surface area contributed by atoms with Crippen LogP contribution in [-0.4, -0.2) is 71.5 Å². The Kier molecular flexibility index (Phi) is 8.53. The number of aromatic nitrogens is 2. The molecule has 12 heteroatoms. The van der Waals surface area contributed by atoms with Gasteiger partial charge >= 0.3 is 12.1 Å². The van der Waals surface area contributed by atoms with E-state index in [0.717, 1.165) is 55.1 Å². The van der Waals surface area contributed by atoms with E-state index >= 15 is 0 Å². The Bertz CT molecular complexity index is 1270. The number of nitrogens with one attached hydrogen (secondary N) is 5. The van der Waals surface area contributed by atoms with E-state index in [1.807, 2.05) is 12.1 Å². The molecule has 2 aromatic carbocycles. The van der Waals surface area contributed by atoms with Gasteiger partial charge in [-0.2, -0.15) is 5.10 Å². The van der Waals surface area contributed by atoms with Gasteiger partial charge < -0.3 is 31.1 Å². The molecule has 0 saturated carbocycles. The summed E-state index contributed by atoms with van der Waals surface area (Å²) in [5.41, 5.74) is 2.69. The number of nitrogens with zero attached hydrogens (tertiary/aromatic N) is 2.